The van der Waals surface area contributed by atoms with Gasteiger partial charge in [-0.3, -0.25) is 10.00 Å². The zero-order valence-electron chi connectivity index (χ0n) is 15.4. The van der Waals surface area contributed by atoms with Crippen LogP contribution in [0.25, 0.3) is 11.4 Å². The Kier molecular flexibility index (Phi) is 5.88. The van der Waals surface area contributed by atoms with Crippen LogP contribution in [-0.2, 0) is 13.2 Å². The molecule has 1 aromatic heterocycles. The van der Waals surface area contributed by atoms with E-state index in [1.807, 2.05) is 42.3 Å². The quantitative estimate of drug-likeness (QED) is 0.623. The molecule has 8 heteroatoms. The number of hydrogen-bond acceptors (Lipinski definition) is 5. The van der Waals surface area contributed by atoms with Gasteiger partial charge in [-0.15, -0.1) is 0 Å². The fraction of sp³-hybridized carbons (Fsp3) is 0.263. The number of aromatic nitrogens is 3. The second kappa shape index (κ2) is 8.32. The van der Waals surface area contributed by atoms with Crippen LogP contribution in [0.5, 0.6) is 11.5 Å². The summed E-state index contributed by atoms with van der Waals surface area (Å²) in [6, 6.07) is 12.5. The van der Waals surface area contributed by atoms with Crippen molar-refractivity contribution in [2.45, 2.75) is 13.2 Å². The maximum Gasteiger partial charge on any atom is 0.217 e. The summed E-state index contributed by atoms with van der Waals surface area (Å²) in [5.41, 5.74) is 1.76. The van der Waals surface area contributed by atoms with Gasteiger partial charge in [0.25, 0.3) is 0 Å². The topological polar surface area (TPSA) is 55.3 Å². The van der Waals surface area contributed by atoms with Crippen LogP contribution in [0.4, 0.5) is 4.39 Å². The first-order valence-electron chi connectivity index (χ1n) is 8.32. The molecule has 0 amide bonds. The lowest BCUT2D eigenvalue weighted by Gasteiger charge is -2.17. The first-order valence-corrected chi connectivity index (χ1v) is 8.73. The Morgan fingerprint density at radius 1 is 1.15 bits per heavy atom. The van der Waals surface area contributed by atoms with Crippen LogP contribution in [0.3, 0.4) is 0 Å². The monoisotopic (exact) mass is 388 g/mol. The van der Waals surface area contributed by atoms with Crippen molar-refractivity contribution in [2.75, 3.05) is 21.3 Å². The third-order valence-corrected chi connectivity index (χ3v) is 4.41. The minimum atomic E-state index is -0.372. The molecule has 27 heavy (non-hydrogen) atoms. The largest absolute Gasteiger partial charge is 0.497 e. The highest BCUT2D eigenvalue weighted by atomic mass is 32.1. The molecule has 2 aromatic carbocycles. The van der Waals surface area contributed by atoms with Crippen LogP contribution in [0.1, 0.15) is 5.56 Å². The normalized spacial score (nSPS) is 11.0. The van der Waals surface area contributed by atoms with Crippen LogP contribution >= 0.6 is 12.2 Å². The predicted octanol–water partition coefficient (Wildman–Crippen LogP) is 3.85. The summed E-state index contributed by atoms with van der Waals surface area (Å²) >= 11 is 5.35. The first-order chi connectivity index (χ1) is 13.0. The Bertz CT molecular complexity index is 969. The lowest BCUT2D eigenvalue weighted by molar-refractivity contribution is 0.244. The van der Waals surface area contributed by atoms with E-state index < -0.39 is 0 Å². The number of methoxy groups -OCH3 is 2. The predicted molar refractivity (Wildman–Crippen MR) is 104 cm³/mol. The Hall–Kier alpha value is -2.71. The third-order valence-electron chi connectivity index (χ3n) is 4.09. The van der Waals surface area contributed by atoms with Crippen molar-refractivity contribution in [3.05, 3.63) is 58.6 Å². The number of H-pyrrole nitrogens is 1. The highest BCUT2D eigenvalue weighted by molar-refractivity contribution is 7.71. The van der Waals surface area contributed by atoms with E-state index in [0.717, 1.165) is 16.9 Å². The fourth-order valence-corrected chi connectivity index (χ4v) is 2.94. The molecule has 0 atom stereocenters. The number of nitrogens with one attached hydrogen (secondary N) is 1. The molecule has 0 bridgehead atoms. The number of nitrogens with zero attached hydrogens (tertiary/aromatic N) is 3. The Labute approximate surface area is 162 Å². The number of ether oxygens (including phenoxy) is 2. The van der Waals surface area contributed by atoms with E-state index in [1.54, 1.807) is 17.9 Å². The van der Waals surface area contributed by atoms with E-state index in [1.165, 1.54) is 13.2 Å². The molecule has 142 valence electrons. The van der Waals surface area contributed by atoms with Crippen molar-refractivity contribution in [1.82, 2.24) is 19.7 Å². The van der Waals surface area contributed by atoms with Gasteiger partial charge in [0, 0.05) is 12.1 Å². The fourth-order valence-electron chi connectivity index (χ4n) is 2.74. The molecule has 0 aliphatic rings. The van der Waals surface area contributed by atoms with Crippen LogP contribution in [0.2, 0.25) is 0 Å². The molecule has 6 nitrogen and oxygen atoms in total. The van der Waals surface area contributed by atoms with Gasteiger partial charge in [0.15, 0.2) is 17.4 Å². The number of hydrogen-bond donors (Lipinski definition) is 1. The van der Waals surface area contributed by atoms with Gasteiger partial charge in [0.05, 0.1) is 20.9 Å². The number of aromatic amines is 1. The van der Waals surface area contributed by atoms with Crippen molar-refractivity contribution >= 4 is 12.2 Å². The Balaban J connectivity index is 1.70. The second-order valence-corrected chi connectivity index (χ2v) is 6.50. The van der Waals surface area contributed by atoms with Crippen LogP contribution in [0, 0.1) is 10.6 Å². The minimum absolute atomic E-state index is 0.237. The molecule has 3 aromatic rings. The molecule has 0 unspecified atom stereocenters. The molecular weight excluding hydrogens is 367 g/mol. The standard InChI is InChI=1S/C19H21FN4O2S/c1-23(11-13-4-9-17(26-3)16(20)10-13)12-24-19(27)21-18(22-24)14-5-7-15(25-2)8-6-14/h4-10H,11-12H2,1-3H3,(H,21,22,27). The van der Waals surface area contributed by atoms with Gasteiger partial charge < -0.3 is 9.47 Å². The summed E-state index contributed by atoms with van der Waals surface area (Å²) in [5, 5.41) is 3.21. The summed E-state index contributed by atoms with van der Waals surface area (Å²) in [5.74, 6) is 1.33. The lowest BCUT2D eigenvalue weighted by atomic mass is 10.2. The molecule has 0 saturated carbocycles. The van der Waals surface area contributed by atoms with Crippen LogP contribution < -0.4 is 9.47 Å². The Morgan fingerprint density at radius 2 is 1.89 bits per heavy atom. The lowest BCUT2D eigenvalue weighted by Crippen LogP contribution is -2.22. The van der Waals surface area contributed by atoms with Gasteiger partial charge in [0.2, 0.25) is 4.77 Å². The van der Waals surface area contributed by atoms with Gasteiger partial charge in [-0.25, -0.2) is 9.07 Å². The molecule has 1 heterocycles. The summed E-state index contributed by atoms with van der Waals surface area (Å²) in [6.07, 6.45) is 0. The van der Waals surface area contributed by atoms with Crippen LogP contribution in [-0.4, -0.2) is 40.9 Å². The van der Waals surface area contributed by atoms with Crippen molar-refractivity contribution < 1.29 is 13.9 Å². The van der Waals surface area contributed by atoms with Gasteiger partial charge in [-0.1, -0.05) is 6.07 Å². The summed E-state index contributed by atoms with van der Waals surface area (Å²) in [6.45, 7) is 1.05. The highest BCUT2D eigenvalue weighted by Crippen LogP contribution is 2.20. The molecule has 0 fully saturated rings. The van der Waals surface area contributed by atoms with Crippen molar-refractivity contribution in [2.24, 2.45) is 0 Å². The number of benzene rings is 2. The summed E-state index contributed by atoms with van der Waals surface area (Å²) < 4.78 is 26.2. The van der Waals surface area contributed by atoms with Crippen molar-refractivity contribution in [1.29, 1.82) is 0 Å². The molecule has 0 aliphatic heterocycles. The average molecular weight is 388 g/mol. The molecular formula is C19H21FN4O2S. The van der Waals surface area contributed by atoms with Crippen LogP contribution in [0.15, 0.2) is 42.5 Å². The maximum absolute atomic E-state index is 13.8. The third kappa shape index (κ3) is 4.53. The van der Waals surface area contributed by atoms with Crippen molar-refractivity contribution in [3.8, 4) is 22.9 Å². The molecule has 0 spiro atoms. The average Bonchev–Trinajstić information content (AvgIpc) is 3.02. The van der Waals surface area contributed by atoms with E-state index in [2.05, 4.69) is 10.1 Å². The van der Waals surface area contributed by atoms with E-state index >= 15 is 0 Å². The van der Waals surface area contributed by atoms with Gasteiger partial charge in [0.1, 0.15) is 5.75 Å². The maximum atomic E-state index is 13.8. The second-order valence-electron chi connectivity index (χ2n) is 6.14. The SMILES string of the molecule is COc1ccc(-c2nc(=S)n(CN(C)Cc3ccc(OC)c(F)c3)[nH]2)cc1. The zero-order valence-corrected chi connectivity index (χ0v) is 16.2. The number of halogens is 1. The van der Waals surface area contributed by atoms with E-state index in [0.29, 0.717) is 23.8 Å². The smallest absolute Gasteiger partial charge is 0.217 e. The molecule has 1 N–H and O–H groups in total. The highest BCUT2D eigenvalue weighted by Gasteiger charge is 2.09. The molecule has 3 rings (SSSR count). The minimum Gasteiger partial charge on any atom is -0.497 e. The molecule has 0 radical (unpaired) electrons. The van der Waals surface area contributed by atoms with Crippen molar-refractivity contribution in [3.63, 3.8) is 0 Å². The van der Waals surface area contributed by atoms with Gasteiger partial charge in [-0.05, 0) is 61.2 Å². The van der Waals surface area contributed by atoms with E-state index in [-0.39, 0.29) is 11.6 Å². The molecule has 0 saturated heterocycles. The summed E-state index contributed by atoms with van der Waals surface area (Å²) in [7, 11) is 5.00. The van der Waals surface area contributed by atoms with Gasteiger partial charge in [-0.2, -0.15) is 4.98 Å². The van der Waals surface area contributed by atoms with E-state index in [4.69, 9.17) is 21.7 Å². The zero-order chi connectivity index (χ0) is 19.4. The molecule has 0 aliphatic carbocycles. The first kappa shape index (κ1) is 19.1. The Morgan fingerprint density at radius 3 is 2.52 bits per heavy atom. The number of rotatable bonds is 7. The summed E-state index contributed by atoms with van der Waals surface area (Å²) in [4.78, 5) is 6.42. The van der Waals surface area contributed by atoms with Gasteiger partial charge >= 0.3 is 0 Å². The van der Waals surface area contributed by atoms with E-state index in [9.17, 15) is 4.39 Å².